The molecule has 1 aliphatic heterocycles. The smallest absolute Gasteiger partial charge is 0.394 e. The molecule has 0 aromatic rings. The highest BCUT2D eigenvalue weighted by atomic mass is 32.3. The zero-order chi connectivity index (χ0) is 40.7. The maximum Gasteiger partial charge on any atom is 0.397 e. The standard InChI is InChI=1S/C41H79NO12S/c1-3-5-7-9-11-12-13-14-15-16-17-18-19-20-21-22-23-24-26-28-30-35(45)40(48)42-33(34(44)29-27-25-10-8-6-4-2)32-52-41-38(47)39(54-55(49,50)51)37(46)36(31-43)53-41/h27,29,33-39,41,43-47H,3-26,28,30-32H2,1-2H3,(H,42,48)(H,49,50,51)/b29-27+. The summed E-state index contributed by atoms with van der Waals surface area (Å²) in [6, 6.07) is -1.11. The predicted molar refractivity (Wildman–Crippen MR) is 215 cm³/mol. The summed E-state index contributed by atoms with van der Waals surface area (Å²) in [7, 11) is -5.11. The quantitative estimate of drug-likeness (QED) is 0.0203. The fourth-order valence-electron chi connectivity index (χ4n) is 6.93. The second-order valence-corrected chi connectivity index (χ2v) is 16.5. The van der Waals surface area contributed by atoms with Crippen molar-refractivity contribution in [3.05, 3.63) is 12.2 Å². The topological polar surface area (TPSA) is 212 Å². The first-order valence-electron chi connectivity index (χ1n) is 21.7. The largest absolute Gasteiger partial charge is 0.397 e. The van der Waals surface area contributed by atoms with Gasteiger partial charge in [-0.05, 0) is 19.3 Å². The molecule has 1 rings (SSSR count). The molecule has 0 radical (unpaired) electrons. The summed E-state index contributed by atoms with van der Waals surface area (Å²) in [5.74, 6) is -0.705. The minimum absolute atomic E-state index is 0.247. The van der Waals surface area contributed by atoms with Crippen LogP contribution in [0.2, 0.25) is 0 Å². The van der Waals surface area contributed by atoms with Crippen LogP contribution in [0.4, 0.5) is 0 Å². The minimum Gasteiger partial charge on any atom is -0.394 e. The fourth-order valence-corrected chi connectivity index (χ4v) is 7.44. The van der Waals surface area contributed by atoms with Gasteiger partial charge in [0, 0.05) is 0 Å². The number of hydrogen-bond donors (Lipinski definition) is 7. The van der Waals surface area contributed by atoms with Crippen LogP contribution in [0.15, 0.2) is 12.2 Å². The van der Waals surface area contributed by atoms with Crippen LogP contribution >= 0.6 is 0 Å². The minimum atomic E-state index is -5.11. The summed E-state index contributed by atoms with van der Waals surface area (Å²) in [5, 5.41) is 54.7. The number of carbonyl (C=O) groups excluding carboxylic acids is 1. The van der Waals surface area contributed by atoms with E-state index in [4.69, 9.17) is 14.0 Å². The third-order valence-corrected chi connectivity index (χ3v) is 10.9. The molecule has 55 heavy (non-hydrogen) atoms. The highest BCUT2D eigenvalue weighted by molar-refractivity contribution is 7.80. The molecule has 14 heteroatoms. The van der Waals surface area contributed by atoms with Gasteiger partial charge in [-0.1, -0.05) is 174 Å². The summed E-state index contributed by atoms with van der Waals surface area (Å²) in [6.45, 7) is 3.11. The van der Waals surface area contributed by atoms with Gasteiger partial charge in [0.1, 0.15) is 30.5 Å². The normalized spacial score (nSPS) is 22.2. The molecule has 0 aromatic heterocycles. The van der Waals surface area contributed by atoms with E-state index in [0.717, 1.165) is 44.9 Å². The molecule has 0 spiro atoms. The van der Waals surface area contributed by atoms with Crippen LogP contribution in [-0.4, -0.2) is 107 Å². The van der Waals surface area contributed by atoms with Crippen molar-refractivity contribution in [1.82, 2.24) is 5.32 Å². The first kappa shape index (κ1) is 51.8. The molecule has 1 heterocycles. The monoisotopic (exact) mass is 810 g/mol. The van der Waals surface area contributed by atoms with Crippen molar-refractivity contribution >= 4 is 16.3 Å². The molecule has 1 aliphatic rings. The average Bonchev–Trinajstić information content (AvgIpc) is 3.15. The average molecular weight is 810 g/mol. The Morgan fingerprint density at radius 3 is 1.64 bits per heavy atom. The van der Waals surface area contributed by atoms with Crippen molar-refractivity contribution < 1.29 is 57.0 Å². The van der Waals surface area contributed by atoms with Gasteiger partial charge in [0.15, 0.2) is 6.29 Å². The number of aliphatic hydroxyl groups is 5. The zero-order valence-corrected chi connectivity index (χ0v) is 34.9. The maximum absolute atomic E-state index is 13.0. The van der Waals surface area contributed by atoms with E-state index in [1.54, 1.807) is 6.08 Å². The van der Waals surface area contributed by atoms with Gasteiger partial charge in [0.05, 0.1) is 25.4 Å². The Balaban J connectivity index is 2.43. The molecule has 8 atom stereocenters. The van der Waals surface area contributed by atoms with E-state index in [1.165, 1.54) is 109 Å². The lowest BCUT2D eigenvalue weighted by molar-refractivity contribution is -0.298. The van der Waals surface area contributed by atoms with Gasteiger partial charge in [0.2, 0.25) is 5.91 Å². The lowest BCUT2D eigenvalue weighted by Crippen LogP contribution is -2.61. The van der Waals surface area contributed by atoms with E-state index >= 15 is 0 Å². The van der Waals surface area contributed by atoms with Crippen molar-refractivity contribution in [2.75, 3.05) is 13.2 Å². The molecule has 0 aliphatic carbocycles. The third kappa shape index (κ3) is 25.7. The Morgan fingerprint density at radius 1 is 0.727 bits per heavy atom. The van der Waals surface area contributed by atoms with E-state index in [2.05, 4.69) is 23.3 Å². The molecule has 1 saturated heterocycles. The van der Waals surface area contributed by atoms with Crippen LogP contribution in [0.5, 0.6) is 0 Å². The van der Waals surface area contributed by atoms with Crippen LogP contribution < -0.4 is 5.32 Å². The molecule has 1 fully saturated rings. The molecule has 326 valence electrons. The Kier molecular flexibility index (Phi) is 30.8. The van der Waals surface area contributed by atoms with Gasteiger partial charge in [-0.25, -0.2) is 4.18 Å². The molecule has 8 unspecified atom stereocenters. The zero-order valence-electron chi connectivity index (χ0n) is 34.1. The van der Waals surface area contributed by atoms with Crippen molar-refractivity contribution in [2.45, 2.75) is 230 Å². The fraction of sp³-hybridized carbons (Fsp3) is 0.927. The predicted octanol–water partition coefficient (Wildman–Crippen LogP) is 6.58. The molecular weight excluding hydrogens is 731 g/mol. The van der Waals surface area contributed by atoms with E-state index in [9.17, 15) is 38.7 Å². The third-order valence-electron chi connectivity index (χ3n) is 10.4. The van der Waals surface area contributed by atoms with Crippen molar-refractivity contribution in [3.63, 3.8) is 0 Å². The van der Waals surface area contributed by atoms with Crippen molar-refractivity contribution in [2.24, 2.45) is 0 Å². The highest BCUT2D eigenvalue weighted by Crippen LogP contribution is 2.26. The van der Waals surface area contributed by atoms with E-state index in [0.29, 0.717) is 12.8 Å². The Bertz CT molecular complexity index is 1060. The SMILES string of the molecule is CCCCCC/C=C/C(O)C(COC1OC(CO)C(O)C(OS(=O)(=O)O)C1O)NC(=O)C(O)CCCCCCCCCCCCCCCCCCCCCC. The molecule has 0 aromatic carbocycles. The molecule has 0 saturated carbocycles. The first-order chi connectivity index (χ1) is 26.4. The van der Waals surface area contributed by atoms with Crippen LogP contribution in [0, 0.1) is 0 Å². The second-order valence-electron chi connectivity index (χ2n) is 15.4. The highest BCUT2D eigenvalue weighted by Gasteiger charge is 2.48. The second kappa shape index (κ2) is 32.7. The number of nitrogens with one attached hydrogen (secondary N) is 1. The van der Waals surface area contributed by atoms with Crippen LogP contribution in [0.1, 0.15) is 181 Å². The molecular formula is C41H79NO12S. The van der Waals surface area contributed by atoms with Gasteiger partial charge in [-0.3, -0.25) is 9.35 Å². The molecule has 0 bridgehead atoms. The Hall–Kier alpha value is -1.20. The van der Waals surface area contributed by atoms with Crippen molar-refractivity contribution in [3.8, 4) is 0 Å². The number of hydrogen-bond acceptors (Lipinski definition) is 11. The Labute approximate surface area is 333 Å². The number of amides is 1. The van der Waals surface area contributed by atoms with E-state index in [1.807, 2.05) is 0 Å². The van der Waals surface area contributed by atoms with E-state index in [-0.39, 0.29) is 6.42 Å². The summed E-state index contributed by atoms with van der Waals surface area (Å²) >= 11 is 0. The van der Waals surface area contributed by atoms with Crippen LogP contribution in [0.3, 0.4) is 0 Å². The number of allylic oxidation sites excluding steroid dienone is 1. The summed E-state index contributed by atoms with van der Waals surface area (Å²) < 4.78 is 47.2. The number of ether oxygens (including phenoxy) is 2. The number of aliphatic hydroxyl groups excluding tert-OH is 5. The molecule has 13 nitrogen and oxygen atoms in total. The number of unbranched alkanes of at least 4 members (excludes halogenated alkanes) is 23. The molecule has 1 amide bonds. The number of rotatable bonds is 36. The van der Waals surface area contributed by atoms with Gasteiger partial charge in [-0.2, -0.15) is 8.42 Å². The molecule has 7 N–H and O–H groups in total. The first-order valence-corrected chi connectivity index (χ1v) is 23.0. The van der Waals surface area contributed by atoms with Crippen molar-refractivity contribution in [1.29, 1.82) is 0 Å². The van der Waals surface area contributed by atoms with Crippen LogP contribution in [-0.2, 0) is 28.9 Å². The summed E-state index contributed by atoms with van der Waals surface area (Å²) in [6.07, 6.45) is 22.2. The summed E-state index contributed by atoms with van der Waals surface area (Å²) in [5.41, 5.74) is 0. The van der Waals surface area contributed by atoms with Gasteiger partial charge >= 0.3 is 10.4 Å². The summed E-state index contributed by atoms with van der Waals surface area (Å²) in [4.78, 5) is 13.0. The van der Waals surface area contributed by atoms with Gasteiger partial charge < -0.3 is 40.3 Å². The lowest BCUT2D eigenvalue weighted by atomic mass is 9.99. The van der Waals surface area contributed by atoms with E-state index < -0.39 is 78.5 Å². The number of carbonyl (C=O) groups is 1. The van der Waals surface area contributed by atoms with Gasteiger partial charge in [-0.15, -0.1) is 0 Å². The Morgan fingerprint density at radius 2 is 1.18 bits per heavy atom. The maximum atomic E-state index is 13.0. The van der Waals surface area contributed by atoms with Gasteiger partial charge in [0.25, 0.3) is 0 Å². The van der Waals surface area contributed by atoms with Crippen LogP contribution in [0.25, 0.3) is 0 Å². The lowest BCUT2D eigenvalue weighted by Gasteiger charge is -2.41.